The van der Waals surface area contributed by atoms with E-state index in [2.05, 4.69) is 10.9 Å². The van der Waals surface area contributed by atoms with Crippen LogP contribution in [-0.2, 0) is 11.3 Å². The summed E-state index contributed by atoms with van der Waals surface area (Å²) in [6, 6.07) is 12.2. The summed E-state index contributed by atoms with van der Waals surface area (Å²) in [5.74, 6) is -1.86. The Hall–Kier alpha value is -3.56. The molecule has 0 unspecified atom stereocenters. The molecule has 0 saturated heterocycles. The number of rotatable bonds is 5. The Morgan fingerprint density at radius 2 is 1.73 bits per heavy atom. The van der Waals surface area contributed by atoms with Crippen LogP contribution in [0, 0.1) is 25.5 Å². The molecule has 2 heterocycles. The normalized spacial score (nSPS) is 11.1. The topological polar surface area (TPSA) is 72.4 Å². The van der Waals surface area contributed by atoms with E-state index in [0.29, 0.717) is 32.6 Å². The molecule has 170 valence electrons. The van der Waals surface area contributed by atoms with E-state index in [-0.39, 0.29) is 17.3 Å². The van der Waals surface area contributed by atoms with E-state index in [1.165, 1.54) is 25.3 Å². The van der Waals surface area contributed by atoms with E-state index in [4.69, 9.17) is 4.74 Å². The standard InChI is InChI=1S/C24H21F2N3O3S/c1-13-11-17(14(2)29(13)16-9-7-15(25)8-10-16)23(30)27-28-24(31)22-18(12-32-3)21-19(26)5-4-6-20(21)33-22/h4-11H,12H2,1-3H3,(H,27,30)(H,28,31). The molecule has 6 nitrogen and oxygen atoms in total. The molecule has 2 N–H and O–H groups in total. The molecule has 2 amide bonds. The molecule has 33 heavy (non-hydrogen) atoms. The van der Waals surface area contributed by atoms with Crippen molar-refractivity contribution in [1.29, 1.82) is 0 Å². The number of thiophene rings is 1. The predicted molar refractivity (Wildman–Crippen MR) is 123 cm³/mol. The fraction of sp³-hybridized carbons (Fsp3) is 0.167. The lowest BCUT2D eigenvalue weighted by atomic mass is 10.1. The molecule has 0 saturated carbocycles. The molecule has 0 spiro atoms. The molecule has 2 aromatic heterocycles. The zero-order chi connectivity index (χ0) is 23.7. The Labute approximate surface area is 192 Å². The zero-order valence-electron chi connectivity index (χ0n) is 18.2. The first-order chi connectivity index (χ1) is 15.8. The SMILES string of the molecule is COCc1c(C(=O)NNC(=O)c2cc(C)n(-c3ccc(F)cc3)c2C)sc2cccc(F)c12. The number of fused-ring (bicyclic) bond motifs is 1. The average molecular weight is 470 g/mol. The number of carbonyl (C=O) groups excluding carboxylic acids is 2. The smallest absolute Gasteiger partial charge is 0.280 e. The van der Waals surface area contributed by atoms with Crippen LogP contribution >= 0.6 is 11.3 Å². The number of hydrogen-bond donors (Lipinski definition) is 2. The van der Waals surface area contributed by atoms with Gasteiger partial charge in [-0.05, 0) is 56.3 Å². The predicted octanol–water partition coefficient (Wildman–Crippen LogP) is 4.81. The third-order valence-electron chi connectivity index (χ3n) is 5.31. The van der Waals surface area contributed by atoms with Gasteiger partial charge < -0.3 is 9.30 Å². The van der Waals surface area contributed by atoms with E-state index in [1.807, 2.05) is 11.5 Å². The van der Waals surface area contributed by atoms with Gasteiger partial charge in [-0.3, -0.25) is 20.4 Å². The monoisotopic (exact) mass is 469 g/mol. The van der Waals surface area contributed by atoms with Crippen LogP contribution in [0.15, 0.2) is 48.5 Å². The highest BCUT2D eigenvalue weighted by Crippen LogP contribution is 2.33. The molecular weight excluding hydrogens is 448 g/mol. The summed E-state index contributed by atoms with van der Waals surface area (Å²) >= 11 is 1.12. The first-order valence-corrected chi connectivity index (χ1v) is 10.9. The van der Waals surface area contributed by atoms with Crippen LogP contribution in [0.5, 0.6) is 0 Å². The minimum absolute atomic E-state index is 0.0520. The number of amides is 2. The number of carbonyl (C=O) groups is 2. The number of hydrazine groups is 1. The number of aryl methyl sites for hydroxylation is 1. The fourth-order valence-electron chi connectivity index (χ4n) is 3.85. The minimum atomic E-state index is -0.566. The van der Waals surface area contributed by atoms with Crippen LogP contribution in [0.1, 0.15) is 37.0 Å². The van der Waals surface area contributed by atoms with E-state index in [1.54, 1.807) is 37.3 Å². The highest BCUT2D eigenvalue weighted by molar-refractivity contribution is 7.21. The van der Waals surface area contributed by atoms with Gasteiger partial charge in [-0.25, -0.2) is 8.78 Å². The first kappa shape index (κ1) is 22.6. The fourth-order valence-corrected chi connectivity index (χ4v) is 4.97. The molecule has 0 atom stereocenters. The lowest BCUT2D eigenvalue weighted by molar-refractivity contribution is 0.0846. The summed E-state index contributed by atoms with van der Waals surface area (Å²) in [6.45, 7) is 3.64. The van der Waals surface area contributed by atoms with E-state index in [0.717, 1.165) is 17.0 Å². The van der Waals surface area contributed by atoms with Gasteiger partial charge in [0.15, 0.2) is 0 Å². The van der Waals surface area contributed by atoms with Crippen molar-refractivity contribution in [2.24, 2.45) is 0 Å². The molecule has 4 aromatic rings. The Balaban J connectivity index is 1.56. The van der Waals surface area contributed by atoms with Gasteiger partial charge in [-0.15, -0.1) is 11.3 Å². The van der Waals surface area contributed by atoms with Gasteiger partial charge in [0.1, 0.15) is 16.5 Å². The van der Waals surface area contributed by atoms with Gasteiger partial charge in [0.25, 0.3) is 11.8 Å². The maximum Gasteiger partial charge on any atom is 0.280 e. The summed E-state index contributed by atoms with van der Waals surface area (Å²) in [4.78, 5) is 25.9. The van der Waals surface area contributed by atoms with Gasteiger partial charge in [-0.2, -0.15) is 0 Å². The van der Waals surface area contributed by atoms with E-state index >= 15 is 0 Å². The van der Waals surface area contributed by atoms with Gasteiger partial charge in [0, 0.05) is 39.8 Å². The van der Waals surface area contributed by atoms with Gasteiger partial charge >= 0.3 is 0 Å². The number of ether oxygens (including phenoxy) is 1. The van der Waals surface area contributed by atoms with Gasteiger partial charge in [0.2, 0.25) is 0 Å². The molecule has 2 aromatic carbocycles. The molecule has 9 heteroatoms. The molecule has 0 fully saturated rings. The number of benzene rings is 2. The van der Waals surface area contributed by atoms with Crippen molar-refractivity contribution in [3.05, 3.63) is 87.6 Å². The van der Waals surface area contributed by atoms with Crippen molar-refractivity contribution in [2.45, 2.75) is 20.5 Å². The Morgan fingerprint density at radius 3 is 2.42 bits per heavy atom. The zero-order valence-corrected chi connectivity index (χ0v) is 19.0. The lowest BCUT2D eigenvalue weighted by Gasteiger charge is -2.11. The first-order valence-electron chi connectivity index (χ1n) is 10.1. The van der Waals surface area contributed by atoms with Crippen LogP contribution in [0.2, 0.25) is 0 Å². The summed E-state index contributed by atoms with van der Waals surface area (Å²) in [5, 5.41) is 0.337. The number of aromatic nitrogens is 1. The number of methoxy groups -OCH3 is 1. The Bertz CT molecular complexity index is 1360. The quantitative estimate of drug-likeness (QED) is 0.412. The third kappa shape index (κ3) is 4.24. The molecule has 0 aliphatic carbocycles. The molecule has 4 rings (SSSR count). The van der Waals surface area contributed by atoms with Crippen molar-refractivity contribution in [3.8, 4) is 5.69 Å². The number of halogens is 2. The molecule has 0 radical (unpaired) electrons. The third-order valence-corrected chi connectivity index (χ3v) is 6.50. The second-order valence-electron chi connectivity index (χ2n) is 7.46. The lowest BCUT2D eigenvalue weighted by Crippen LogP contribution is -2.41. The van der Waals surface area contributed by atoms with Crippen molar-refractivity contribution in [3.63, 3.8) is 0 Å². The minimum Gasteiger partial charge on any atom is -0.380 e. The molecular formula is C24H21F2N3O3S. The summed E-state index contributed by atoms with van der Waals surface area (Å²) in [6.07, 6.45) is 0. The Kier molecular flexibility index (Phi) is 6.26. The summed E-state index contributed by atoms with van der Waals surface area (Å²) in [7, 11) is 1.46. The maximum atomic E-state index is 14.4. The van der Waals surface area contributed by atoms with Gasteiger partial charge in [0.05, 0.1) is 12.2 Å². The highest BCUT2D eigenvalue weighted by atomic mass is 32.1. The molecule has 0 aliphatic heterocycles. The van der Waals surface area contributed by atoms with Crippen molar-refractivity contribution in [1.82, 2.24) is 15.4 Å². The van der Waals surface area contributed by atoms with Gasteiger partial charge in [-0.1, -0.05) is 6.07 Å². The number of nitrogens with zero attached hydrogens (tertiary/aromatic N) is 1. The second-order valence-corrected chi connectivity index (χ2v) is 8.51. The van der Waals surface area contributed by atoms with E-state index < -0.39 is 17.6 Å². The number of hydrogen-bond acceptors (Lipinski definition) is 4. The van der Waals surface area contributed by atoms with E-state index in [9.17, 15) is 18.4 Å². The van der Waals surface area contributed by atoms with Crippen LogP contribution < -0.4 is 10.9 Å². The second kappa shape index (κ2) is 9.13. The average Bonchev–Trinajstić information content (AvgIpc) is 3.31. The van der Waals surface area contributed by atoms with Crippen molar-refractivity contribution >= 4 is 33.2 Å². The van der Waals surface area contributed by atoms with Crippen LogP contribution in [0.25, 0.3) is 15.8 Å². The van der Waals surface area contributed by atoms with Crippen LogP contribution in [0.3, 0.4) is 0 Å². The van der Waals surface area contributed by atoms with Crippen LogP contribution in [-0.4, -0.2) is 23.5 Å². The summed E-state index contributed by atoms with van der Waals surface area (Å²) in [5.41, 5.74) is 7.75. The van der Waals surface area contributed by atoms with Crippen molar-refractivity contribution < 1.29 is 23.1 Å². The highest BCUT2D eigenvalue weighted by Gasteiger charge is 2.22. The largest absolute Gasteiger partial charge is 0.380 e. The summed E-state index contributed by atoms with van der Waals surface area (Å²) < 4.78 is 35.2. The molecule has 0 bridgehead atoms. The van der Waals surface area contributed by atoms with Crippen LogP contribution in [0.4, 0.5) is 8.78 Å². The Morgan fingerprint density at radius 1 is 1.03 bits per heavy atom. The maximum absolute atomic E-state index is 14.4. The number of nitrogens with one attached hydrogen (secondary N) is 2. The van der Waals surface area contributed by atoms with Crippen molar-refractivity contribution in [2.75, 3.05) is 7.11 Å². The molecule has 0 aliphatic rings.